The van der Waals surface area contributed by atoms with Crippen molar-refractivity contribution < 1.29 is 38.1 Å². The first-order valence-electron chi connectivity index (χ1n) is 4.83. The molecule has 0 N–H and O–H groups in total. The van der Waals surface area contributed by atoms with Gasteiger partial charge in [-0.3, -0.25) is 0 Å². The van der Waals surface area contributed by atoms with Crippen molar-refractivity contribution in [2.75, 3.05) is 6.61 Å². The predicted molar refractivity (Wildman–Crippen MR) is 53.0 cm³/mol. The van der Waals surface area contributed by atoms with E-state index in [1.54, 1.807) is 19.1 Å². The van der Waals surface area contributed by atoms with E-state index in [-0.39, 0.29) is 29.9 Å². The molecule has 1 rings (SSSR count). The Hall–Kier alpha value is -0.650. The van der Waals surface area contributed by atoms with Gasteiger partial charge in [0.05, 0.1) is 12.2 Å². The minimum atomic E-state index is -0.261. The number of rotatable bonds is 3. The molecule has 0 unspecified atom stereocenters. The average molecular weight is 321 g/mol. The van der Waals surface area contributed by atoms with Gasteiger partial charge in [0.1, 0.15) is 0 Å². The molecule has 0 saturated heterocycles. The van der Waals surface area contributed by atoms with Gasteiger partial charge in [-0.25, -0.2) is 9.36 Å². The van der Waals surface area contributed by atoms with Crippen molar-refractivity contribution in [2.45, 2.75) is 26.8 Å². The smallest absolute Gasteiger partial charge is 0.338 e. The number of hydrogen-bond acceptors (Lipinski definition) is 2. The fraction of sp³-hybridized carbons (Fsp3) is 0.455. The number of hydrogen-bond donors (Lipinski definition) is 0. The first-order valence-corrected chi connectivity index (χ1v) is 4.83. The van der Waals surface area contributed by atoms with Crippen LogP contribution >= 0.6 is 0 Å². The van der Waals surface area contributed by atoms with Gasteiger partial charge in [-0.1, -0.05) is 0 Å². The van der Waals surface area contributed by atoms with Gasteiger partial charge in [-0.2, -0.15) is 0 Å². The first kappa shape index (κ1) is 14.3. The van der Waals surface area contributed by atoms with Crippen molar-refractivity contribution in [3.63, 3.8) is 0 Å². The lowest BCUT2D eigenvalue weighted by molar-refractivity contribution is -0.716. The summed E-state index contributed by atoms with van der Waals surface area (Å²) in [4.78, 5) is 11.3. The molecule has 4 heteroatoms. The van der Waals surface area contributed by atoms with Gasteiger partial charge >= 0.3 is 5.97 Å². The molecule has 84 valence electrons. The van der Waals surface area contributed by atoms with Gasteiger partial charge in [0.25, 0.3) is 0 Å². The van der Waals surface area contributed by atoms with Gasteiger partial charge < -0.3 is 28.7 Å². The Morgan fingerprint density at radius 1 is 1.40 bits per heavy atom. The summed E-state index contributed by atoms with van der Waals surface area (Å²) in [7, 11) is 0. The topological polar surface area (TPSA) is 30.2 Å². The standard InChI is InChI=1S/C11H16NO2.HI/c1-4-14-11(13)10-5-7-12(8-6-10)9(2)3;/h5-9H,4H2,1-3H3;1H/q+1;/p-1. The van der Waals surface area contributed by atoms with Gasteiger partial charge in [-0.15, -0.1) is 0 Å². The van der Waals surface area contributed by atoms with E-state index in [4.69, 9.17) is 4.74 Å². The second kappa shape index (κ2) is 6.76. The molecule has 1 aromatic heterocycles. The number of nitrogens with zero attached hydrogens (tertiary/aromatic N) is 1. The van der Waals surface area contributed by atoms with Crippen LogP contribution in [0.5, 0.6) is 0 Å². The Balaban J connectivity index is 0.00000196. The molecular weight excluding hydrogens is 305 g/mol. The number of esters is 1. The van der Waals surface area contributed by atoms with E-state index >= 15 is 0 Å². The molecule has 0 spiro atoms. The van der Waals surface area contributed by atoms with Crippen molar-refractivity contribution in [2.24, 2.45) is 0 Å². The summed E-state index contributed by atoms with van der Waals surface area (Å²) in [5.41, 5.74) is 0.601. The molecule has 0 atom stereocenters. The molecule has 0 aliphatic heterocycles. The Labute approximate surface area is 107 Å². The van der Waals surface area contributed by atoms with E-state index in [2.05, 4.69) is 13.8 Å². The Morgan fingerprint density at radius 3 is 2.33 bits per heavy atom. The molecule has 0 aliphatic rings. The number of carbonyl (C=O) groups excluding carboxylic acids is 1. The highest BCUT2D eigenvalue weighted by atomic mass is 127. The van der Waals surface area contributed by atoms with Crippen LogP contribution in [0.2, 0.25) is 0 Å². The van der Waals surface area contributed by atoms with Crippen LogP contribution in [-0.4, -0.2) is 12.6 Å². The highest BCUT2D eigenvalue weighted by Crippen LogP contribution is 2.00. The summed E-state index contributed by atoms with van der Waals surface area (Å²) in [6.07, 6.45) is 3.77. The predicted octanol–water partition coefficient (Wildman–Crippen LogP) is -1.26. The zero-order chi connectivity index (χ0) is 10.6. The summed E-state index contributed by atoms with van der Waals surface area (Å²) in [6.45, 7) is 6.39. The Morgan fingerprint density at radius 2 is 1.93 bits per heavy atom. The lowest BCUT2D eigenvalue weighted by atomic mass is 10.2. The number of pyridine rings is 1. The third-order valence-corrected chi connectivity index (χ3v) is 1.96. The number of carbonyl (C=O) groups is 1. The van der Waals surface area contributed by atoms with Crippen molar-refractivity contribution in [3.8, 4) is 0 Å². The van der Waals surface area contributed by atoms with Crippen LogP contribution < -0.4 is 28.5 Å². The first-order chi connectivity index (χ1) is 6.65. The van der Waals surface area contributed by atoms with E-state index in [0.29, 0.717) is 18.2 Å². The fourth-order valence-corrected chi connectivity index (χ4v) is 1.13. The van der Waals surface area contributed by atoms with E-state index in [9.17, 15) is 4.79 Å². The molecule has 0 fully saturated rings. The Kier molecular flexibility index (Phi) is 6.47. The van der Waals surface area contributed by atoms with Crippen LogP contribution in [0, 0.1) is 0 Å². The van der Waals surface area contributed by atoms with Crippen LogP contribution in [0.15, 0.2) is 24.5 Å². The molecule has 0 radical (unpaired) electrons. The second-order valence-corrected chi connectivity index (χ2v) is 3.35. The molecule has 0 bridgehead atoms. The van der Waals surface area contributed by atoms with E-state index < -0.39 is 0 Å². The number of ether oxygens (including phenoxy) is 1. The monoisotopic (exact) mass is 321 g/mol. The zero-order valence-electron chi connectivity index (χ0n) is 9.24. The SMILES string of the molecule is CCOC(=O)c1cc[n+](C(C)C)cc1.[I-]. The van der Waals surface area contributed by atoms with E-state index in [1.165, 1.54) is 0 Å². The lowest BCUT2D eigenvalue weighted by Gasteiger charge is -2.02. The summed E-state index contributed by atoms with van der Waals surface area (Å²) >= 11 is 0. The molecule has 1 heterocycles. The highest BCUT2D eigenvalue weighted by molar-refractivity contribution is 5.88. The summed E-state index contributed by atoms with van der Waals surface area (Å²) in [5.74, 6) is -0.261. The maximum absolute atomic E-state index is 11.3. The molecule has 0 aliphatic carbocycles. The number of halogens is 1. The Bertz CT molecular complexity index is 309. The van der Waals surface area contributed by atoms with Crippen LogP contribution in [0.1, 0.15) is 37.2 Å². The highest BCUT2D eigenvalue weighted by Gasteiger charge is 2.10. The van der Waals surface area contributed by atoms with Crippen molar-refractivity contribution in [3.05, 3.63) is 30.1 Å². The van der Waals surface area contributed by atoms with Crippen LogP contribution in [0.3, 0.4) is 0 Å². The van der Waals surface area contributed by atoms with Crippen LogP contribution in [-0.2, 0) is 4.74 Å². The molecule has 15 heavy (non-hydrogen) atoms. The van der Waals surface area contributed by atoms with Crippen LogP contribution in [0.25, 0.3) is 0 Å². The fourth-order valence-electron chi connectivity index (χ4n) is 1.13. The maximum Gasteiger partial charge on any atom is 0.338 e. The molecule has 0 saturated carbocycles. The van der Waals surface area contributed by atoms with Gasteiger partial charge in [0.2, 0.25) is 0 Å². The third-order valence-electron chi connectivity index (χ3n) is 1.96. The molecule has 0 aromatic carbocycles. The van der Waals surface area contributed by atoms with Crippen molar-refractivity contribution >= 4 is 5.97 Å². The van der Waals surface area contributed by atoms with Crippen molar-refractivity contribution in [1.82, 2.24) is 0 Å². The second-order valence-electron chi connectivity index (χ2n) is 3.35. The van der Waals surface area contributed by atoms with Crippen molar-refractivity contribution in [1.29, 1.82) is 0 Å². The third kappa shape index (κ3) is 4.15. The zero-order valence-corrected chi connectivity index (χ0v) is 11.4. The normalized spacial score (nSPS) is 9.60. The summed E-state index contributed by atoms with van der Waals surface area (Å²) in [6, 6.07) is 3.96. The lowest BCUT2D eigenvalue weighted by Crippen LogP contribution is -3.00. The largest absolute Gasteiger partial charge is 1.00 e. The average Bonchev–Trinajstić information content (AvgIpc) is 2.18. The molecular formula is C11H16INO2. The minimum Gasteiger partial charge on any atom is -1.00 e. The molecule has 1 aromatic rings. The van der Waals surface area contributed by atoms with Gasteiger partial charge in [0.15, 0.2) is 18.4 Å². The summed E-state index contributed by atoms with van der Waals surface area (Å²) < 4.78 is 6.91. The number of aromatic nitrogens is 1. The van der Waals surface area contributed by atoms with E-state index in [1.807, 2.05) is 17.0 Å². The maximum atomic E-state index is 11.3. The molecule has 3 nitrogen and oxygen atoms in total. The molecule has 0 amide bonds. The summed E-state index contributed by atoms with van der Waals surface area (Å²) in [5, 5.41) is 0. The minimum absolute atomic E-state index is 0. The van der Waals surface area contributed by atoms with Gasteiger partial charge in [0, 0.05) is 12.1 Å². The van der Waals surface area contributed by atoms with Crippen LogP contribution in [0.4, 0.5) is 0 Å². The van der Waals surface area contributed by atoms with E-state index in [0.717, 1.165) is 0 Å². The quantitative estimate of drug-likeness (QED) is 0.395. The van der Waals surface area contributed by atoms with Gasteiger partial charge in [-0.05, 0) is 20.8 Å².